The number of rotatable bonds is 4. The lowest BCUT2D eigenvalue weighted by Gasteiger charge is -1.99. The molecule has 1 aromatic carbocycles. The first kappa shape index (κ1) is 10.9. The Balaban J connectivity index is 2.72. The standard InChI is InChI=1S/C11H11N3O/c1-2-11(15)10(8-12)14-13-9-6-4-3-5-7-9/h3-7,13H,2H2,1H3/b14-10-. The fraction of sp³-hybridized carbons (Fsp3) is 0.182. The van der Waals surface area contributed by atoms with E-state index in [-0.39, 0.29) is 17.9 Å². The Kier molecular flexibility index (Phi) is 4.05. The van der Waals surface area contributed by atoms with Crippen molar-refractivity contribution in [3.63, 3.8) is 0 Å². The van der Waals surface area contributed by atoms with Gasteiger partial charge in [0.2, 0.25) is 5.71 Å². The average molecular weight is 201 g/mol. The van der Waals surface area contributed by atoms with Gasteiger partial charge in [0.15, 0.2) is 5.78 Å². The van der Waals surface area contributed by atoms with E-state index in [1.165, 1.54) is 0 Å². The minimum atomic E-state index is -0.263. The van der Waals surface area contributed by atoms with E-state index in [2.05, 4.69) is 10.5 Å². The zero-order chi connectivity index (χ0) is 11.1. The maximum atomic E-state index is 11.2. The molecule has 0 aliphatic rings. The molecule has 0 spiro atoms. The van der Waals surface area contributed by atoms with Gasteiger partial charge in [-0.15, -0.1) is 0 Å². The smallest absolute Gasteiger partial charge is 0.203 e. The van der Waals surface area contributed by atoms with Crippen LogP contribution in [0.3, 0.4) is 0 Å². The van der Waals surface area contributed by atoms with Gasteiger partial charge in [-0.2, -0.15) is 10.4 Å². The number of Topliss-reactive ketones (excluding diaryl/α,β-unsaturated/α-hetero) is 1. The number of benzene rings is 1. The summed E-state index contributed by atoms with van der Waals surface area (Å²) in [6, 6.07) is 10.9. The van der Waals surface area contributed by atoms with Crippen molar-refractivity contribution in [3.8, 4) is 6.07 Å². The van der Waals surface area contributed by atoms with Crippen molar-refractivity contribution < 1.29 is 4.79 Å². The molecule has 0 amide bonds. The highest BCUT2D eigenvalue weighted by Crippen LogP contribution is 2.04. The number of hydrogen-bond acceptors (Lipinski definition) is 4. The highest BCUT2D eigenvalue weighted by Gasteiger charge is 2.07. The fourth-order valence-electron chi connectivity index (χ4n) is 0.950. The summed E-state index contributed by atoms with van der Waals surface area (Å²) in [4.78, 5) is 11.2. The van der Waals surface area contributed by atoms with Gasteiger partial charge in [0.05, 0.1) is 5.69 Å². The van der Waals surface area contributed by atoms with E-state index in [1.807, 2.05) is 18.2 Å². The Morgan fingerprint density at radius 3 is 2.67 bits per heavy atom. The summed E-state index contributed by atoms with van der Waals surface area (Å²) in [7, 11) is 0. The summed E-state index contributed by atoms with van der Waals surface area (Å²) >= 11 is 0. The summed E-state index contributed by atoms with van der Waals surface area (Å²) in [5.41, 5.74) is 3.30. The Labute approximate surface area is 88.2 Å². The Morgan fingerprint density at radius 2 is 2.13 bits per heavy atom. The van der Waals surface area contributed by atoms with Crippen LogP contribution in [0, 0.1) is 11.3 Å². The molecule has 1 rings (SSSR count). The molecule has 76 valence electrons. The van der Waals surface area contributed by atoms with Crippen LogP contribution in [0.25, 0.3) is 0 Å². The van der Waals surface area contributed by atoms with Crippen LogP contribution in [0.4, 0.5) is 5.69 Å². The maximum absolute atomic E-state index is 11.2. The van der Waals surface area contributed by atoms with Gasteiger partial charge in [-0.3, -0.25) is 10.2 Å². The van der Waals surface area contributed by atoms with E-state index in [1.54, 1.807) is 25.1 Å². The number of nitrogens with one attached hydrogen (secondary N) is 1. The third-order valence-electron chi connectivity index (χ3n) is 1.76. The van der Waals surface area contributed by atoms with Gasteiger partial charge in [0, 0.05) is 6.42 Å². The summed E-state index contributed by atoms with van der Waals surface area (Å²) in [5.74, 6) is -0.263. The first-order valence-electron chi connectivity index (χ1n) is 4.60. The molecule has 15 heavy (non-hydrogen) atoms. The molecule has 0 bridgehead atoms. The van der Waals surface area contributed by atoms with Crippen molar-refractivity contribution in [1.82, 2.24) is 0 Å². The minimum Gasteiger partial charge on any atom is -0.292 e. The molecule has 0 saturated heterocycles. The predicted molar refractivity (Wildman–Crippen MR) is 58.4 cm³/mol. The summed E-state index contributed by atoms with van der Waals surface area (Å²) in [6.07, 6.45) is 0.281. The highest BCUT2D eigenvalue weighted by atomic mass is 16.1. The molecule has 0 aliphatic heterocycles. The molecule has 0 radical (unpaired) electrons. The predicted octanol–water partition coefficient (Wildman–Crippen LogP) is 1.96. The summed E-state index contributed by atoms with van der Waals surface area (Å²) < 4.78 is 0. The van der Waals surface area contributed by atoms with Crippen molar-refractivity contribution in [2.24, 2.45) is 5.10 Å². The minimum absolute atomic E-state index is 0.0960. The zero-order valence-corrected chi connectivity index (χ0v) is 8.40. The second-order valence-electron chi connectivity index (χ2n) is 2.83. The second kappa shape index (κ2) is 5.55. The molecule has 0 aromatic heterocycles. The van der Waals surface area contributed by atoms with E-state index in [0.29, 0.717) is 0 Å². The van der Waals surface area contributed by atoms with Crippen LogP contribution >= 0.6 is 0 Å². The van der Waals surface area contributed by atoms with Gasteiger partial charge in [0.1, 0.15) is 6.07 Å². The number of ketones is 1. The van der Waals surface area contributed by atoms with Crippen LogP contribution in [0.5, 0.6) is 0 Å². The van der Waals surface area contributed by atoms with E-state index >= 15 is 0 Å². The third-order valence-corrected chi connectivity index (χ3v) is 1.76. The molecule has 0 fully saturated rings. The Hall–Kier alpha value is -2.15. The number of hydrazone groups is 1. The molecule has 4 nitrogen and oxygen atoms in total. The van der Waals surface area contributed by atoms with Crippen molar-refractivity contribution in [1.29, 1.82) is 5.26 Å². The average Bonchev–Trinajstić information content (AvgIpc) is 2.31. The lowest BCUT2D eigenvalue weighted by molar-refractivity contribution is -0.112. The molecule has 0 saturated carbocycles. The molecular weight excluding hydrogens is 190 g/mol. The van der Waals surface area contributed by atoms with Crippen LogP contribution < -0.4 is 5.43 Å². The number of carbonyl (C=O) groups is 1. The van der Waals surface area contributed by atoms with E-state index in [4.69, 9.17) is 5.26 Å². The molecule has 1 N–H and O–H groups in total. The zero-order valence-electron chi connectivity index (χ0n) is 8.40. The van der Waals surface area contributed by atoms with Crippen molar-refractivity contribution in [2.75, 3.05) is 5.43 Å². The Morgan fingerprint density at radius 1 is 1.47 bits per heavy atom. The lowest BCUT2D eigenvalue weighted by Crippen LogP contribution is -2.12. The molecule has 0 heterocycles. The number of hydrogen-bond donors (Lipinski definition) is 1. The van der Waals surface area contributed by atoms with Crippen molar-refractivity contribution >= 4 is 17.2 Å². The SMILES string of the molecule is CCC(=O)/C(C#N)=N\Nc1ccccc1. The van der Waals surface area contributed by atoms with E-state index < -0.39 is 0 Å². The first-order chi connectivity index (χ1) is 7.27. The number of anilines is 1. The van der Waals surface area contributed by atoms with Crippen LogP contribution in [-0.4, -0.2) is 11.5 Å². The van der Waals surface area contributed by atoms with Gasteiger partial charge in [-0.25, -0.2) is 0 Å². The van der Waals surface area contributed by atoms with Crippen LogP contribution in [-0.2, 0) is 4.79 Å². The molecule has 4 heteroatoms. The molecular formula is C11H11N3O. The van der Waals surface area contributed by atoms with Gasteiger partial charge < -0.3 is 0 Å². The third kappa shape index (κ3) is 3.24. The van der Waals surface area contributed by atoms with Crippen LogP contribution in [0.15, 0.2) is 35.4 Å². The van der Waals surface area contributed by atoms with Crippen LogP contribution in [0.1, 0.15) is 13.3 Å². The van der Waals surface area contributed by atoms with Gasteiger partial charge in [-0.05, 0) is 12.1 Å². The normalized spacial score (nSPS) is 10.5. The number of para-hydroxylation sites is 1. The van der Waals surface area contributed by atoms with E-state index in [0.717, 1.165) is 5.69 Å². The first-order valence-corrected chi connectivity index (χ1v) is 4.60. The van der Waals surface area contributed by atoms with Crippen molar-refractivity contribution in [3.05, 3.63) is 30.3 Å². The molecule has 0 aliphatic carbocycles. The topological polar surface area (TPSA) is 65.2 Å². The molecule has 1 aromatic rings. The van der Waals surface area contributed by atoms with Crippen molar-refractivity contribution in [2.45, 2.75) is 13.3 Å². The largest absolute Gasteiger partial charge is 0.292 e. The molecule has 0 atom stereocenters. The maximum Gasteiger partial charge on any atom is 0.203 e. The van der Waals surface area contributed by atoms with Crippen LogP contribution in [0.2, 0.25) is 0 Å². The second-order valence-corrected chi connectivity index (χ2v) is 2.83. The van der Waals surface area contributed by atoms with Gasteiger partial charge >= 0.3 is 0 Å². The van der Waals surface area contributed by atoms with E-state index in [9.17, 15) is 4.79 Å². The highest BCUT2D eigenvalue weighted by molar-refractivity contribution is 6.46. The number of carbonyl (C=O) groups excluding carboxylic acids is 1. The summed E-state index contributed by atoms with van der Waals surface area (Å²) in [6.45, 7) is 1.69. The number of nitriles is 1. The van der Waals surface area contributed by atoms with Gasteiger partial charge in [0.25, 0.3) is 0 Å². The summed E-state index contributed by atoms with van der Waals surface area (Å²) in [5, 5.41) is 12.4. The monoisotopic (exact) mass is 201 g/mol. The van der Waals surface area contributed by atoms with Gasteiger partial charge in [-0.1, -0.05) is 25.1 Å². The quantitative estimate of drug-likeness (QED) is 0.598. The molecule has 0 unspecified atom stereocenters. The number of nitrogens with zero attached hydrogens (tertiary/aromatic N) is 2. The lowest BCUT2D eigenvalue weighted by atomic mass is 10.2. The fourth-order valence-corrected chi connectivity index (χ4v) is 0.950. The Bertz CT molecular complexity index is 404.